The van der Waals surface area contributed by atoms with Gasteiger partial charge in [0.1, 0.15) is 6.04 Å². The quantitative estimate of drug-likeness (QED) is 0.306. The van der Waals surface area contributed by atoms with Crippen molar-refractivity contribution < 1.29 is 4.79 Å². The van der Waals surface area contributed by atoms with Crippen molar-refractivity contribution in [1.82, 2.24) is 15.1 Å². The Morgan fingerprint density at radius 2 is 2.18 bits per heavy atom. The Bertz CT molecular complexity index is 1090. The van der Waals surface area contributed by atoms with Gasteiger partial charge in [0, 0.05) is 36.9 Å². The monoisotopic (exact) mass is 477 g/mol. The van der Waals surface area contributed by atoms with Crippen LogP contribution in [0.25, 0.3) is 0 Å². The number of hydrogen-bond donors (Lipinski definition) is 3. The van der Waals surface area contributed by atoms with Crippen molar-refractivity contribution in [3.63, 3.8) is 0 Å². The third-order valence-electron chi connectivity index (χ3n) is 6.56. The molecule has 2 aromatic rings. The third kappa shape index (κ3) is 5.58. The van der Waals surface area contributed by atoms with Crippen LogP contribution in [-0.2, 0) is 17.8 Å². The topological polar surface area (TPSA) is 71.5 Å². The summed E-state index contributed by atoms with van der Waals surface area (Å²) < 4.78 is 0. The number of allylic oxidation sites excluding steroid dienone is 1. The van der Waals surface area contributed by atoms with Gasteiger partial charge in [0.2, 0.25) is 5.91 Å². The number of piperazine rings is 1. The fourth-order valence-corrected chi connectivity index (χ4v) is 4.97. The zero-order valence-electron chi connectivity index (χ0n) is 19.6. The number of hydrogen-bond acceptors (Lipinski definition) is 4. The number of halogens is 1. The lowest BCUT2D eigenvalue weighted by Gasteiger charge is -2.40. The van der Waals surface area contributed by atoms with Crippen molar-refractivity contribution in [2.45, 2.75) is 38.4 Å². The molecule has 1 aliphatic carbocycles. The number of nitrogens with one attached hydrogen (secondary N) is 3. The van der Waals surface area contributed by atoms with Gasteiger partial charge in [-0.15, -0.1) is 0 Å². The van der Waals surface area contributed by atoms with Crippen molar-refractivity contribution in [1.29, 1.82) is 5.41 Å². The highest BCUT2D eigenvalue weighted by atomic mass is 35.5. The van der Waals surface area contributed by atoms with Crippen LogP contribution < -0.4 is 10.6 Å². The van der Waals surface area contributed by atoms with Crippen LogP contribution in [0.15, 0.2) is 66.9 Å². The summed E-state index contributed by atoms with van der Waals surface area (Å²) in [6.07, 6.45) is 7.11. The standard InChI is InChI=1S/C27H32ClN5O/c1-3-32(18-29)17-20-5-4-6-23(14-20)31-27(34)26-16-30-11-12-33(26)25-13-19(2)7-8-21-15-22(28)9-10-24(21)25/h3-6,9-10,13-15,18,25-26,29-30H,1,7-8,11-12,16-17H2,2H3,(H,31,34)/t25-,26+/m0/s1. The van der Waals surface area contributed by atoms with Crippen molar-refractivity contribution in [3.8, 4) is 0 Å². The molecule has 0 aromatic heterocycles. The predicted octanol–water partition coefficient (Wildman–Crippen LogP) is 4.74. The van der Waals surface area contributed by atoms with Crippen LogP contribution in [0.5, 0.6) is 0 Å². The number of rotatable bonds is 7. The summed E-state index contributed by atoms with van der Waals surface area (Å²) in [6.45, 7) is 8.64. The van der Waals surface area contributed by atoms with Gasteiger partial charge in [-0.25, -0.2) is 0 Å². The van der Waals surface area contributed by atoms with Crippen molar-refractivity contribution in [3.05, 3.63) is 88.6 Å². The first kappa shape index (κ1) is 24.2. The summed E-state index contributed by atoms with van der Waals surface area (Å²) in [7, 11) is 0. The van der Waals surface area contributed by atoms with Gasteiger partial charge in [-0.05, 0) is 66.9 Å². The summed E-state index contributed by atoms with van der Waals surface area (Å²) in [4.78, 5) is 17.5. The summed E-state index contributed by atoms with van der Waals surface area (Å²) >= 11 is 6.31. The molecule has 1 saturated heterocycles. The molecule has 34 heavy (non-hydrogen) atoms. The highest BCUT2D eigenvalue weighted by Crippen LogP contribution is 2.35. The summed E-state index contributed by atoms with van der Waals surface area (Å²) in [6, 6.07) is 13.6. The van der Waals surface area contributed by atoms with Gasteiger partial charge in [0.05, 0.1) is 12.4 Å². The molecule has 3 N–H and O–H groups in total. The van der Waals surface area contributed by atoms with E-state index in [2.05, 4.69) is 47.2 Å². The molecule has 4 rings (SSSR count). The number of fused-ring (bicyclic) bond motifs is 1. The zero-order valence-corrected chi connectivity index (χ0v) is 20.3. The van der Waals surface area contributed by atoms with Crippen molar-refractivity contribution >= 4 is 29.5 Å². The Hall–Kier alpha value is -2.93. The van der Waals surface area contributed by atoms with Gasteiger partial charge in [0.15, 0.2) is 0 Å². The lowest BCUT2D eigenvalue weighted by Crippen LogP contribution is -2.57. The van der Waals surface area contributed by atoms with E-state index < -0.39 is 0 Å². The van der Waals surface area contributed by atoms with Gasteiger partial charge < -0.3 is 15.5 Å². The molecule has 0 radical (unpaired) electrons. The maximum atomic E-state index is 13.5. The Morgan fingerprint density at radius 3 is 2.97 bits per heavy atom. The molecule has 178 valence electrons. The van der Waals surface area contributed by atoms with E-state index in [9.17, 15) is 4.79 Å². The highest BCUT2D eigenvalue weighted by molar-refractivity contribution is 6.30. The maximum Gasteiger partial charge on any atom is 0.243 e. The number of aryl methyl sites for hydroxylation is 1. The highest BCUT2D eigenvalue weighted by Gasteiger charge is 2.35. The van der Waals surface area contributed by atoms with Crippen molar-refractivity contribution in [2.75, 3.05) is 25.0 Å². The average molecular weight is 478 g/mol. The molecule has 0 spiro atoms. The zero-order chi connectivity index (χ0) is 24.1. The molecular formula is C27H32ClN5O. The molecule has 2 aromatic carbocycles. The Balaban J connectivity index is 1.57. The van der Waals surface area contributed by atoms with E-state index in [1.54, 1.807) is 11.1 Å². The van der Waals surface area contributed by atoms with Crippen LogP contribution in [0.1, 0.15) is 36.1 Å². The molecule has 0 saturated carbocycles. The van der Waals surface area contributed by atoms with Crippen LogP contribution >= 0.6 is 11.6 Å². The fraction of sp³-hybridized carbons (Fsp3) is 0.333. The molecule has 1 amide bonds. The minimum atomic E-state index is -0.306. The molecule has 1 fully saturated rings. The molecule has 2 atom stereocenters. The molecule has 2 aliphatic rings. The Labute approximate surface area is 206 Å². The number of carbonyl (C=O) groups is 1. The SMILES string of the molecule is C=CN(C=N)Cc1cccc(NC(=O)[C@H]2CNCCN2[C@H]2C=C(C)CCc3cc(Cl)ccc32)c1. The van der Waals surface area contributed by atoms with Gasteiger partial charge in [-0.3, -0.25) is 15.1 Å². The third-order valence-corrected chi connectivity index (χ3v) is 6.79. The predicted molar refractivity (Wildman–Crippen MR) is 139 cm³/mol. The van der Waals surface area contributed by atoms with E-state index in [-0.39, 0.29) is 18.0 Å². The number of nitrogens with zero attached hydrogens (tertiary/aromatic N) is 2. The molecule has 7 heteroatoms. The normalized spacial score (nSPS) is 20.5. The molecule has 0 unspecified atom stereocenters. The number of benzene rings is 2. The fourth-order valence-electron chi connectivity index (χ4n) is 4.77. The number of anilines is 1. The summed E-state index contributed by atoms with van der Waals surface area (Å²) in [5, 5.41) is 14.7. The Kier molecular flexibility index (Phi) is 7.83. The van der Waals surface area contributed by atoms with E-state index in [1.165, 1.54) is 23.0 Å². The van der Waals surface area contributed by atoms with Gasteiger partial charge in [-0.2, -0.15) is 0 Å². The van der Waals surface area contributed by atoms with Crippen molar-refractivity contribution in [2.24, 2.45) is 0 Å². The van der Waals surface area contributed by atoms with E-state index in [4.69, 9.17) is 17.0 Å². The second-order valence-electron chi connectivity index (χ2n) is 8.93. The molecule has 0 bridgehead atoms. The molecule has 1 heterocycles. The van der Waals surface area contributed by atoms with Gasteiger partial charge in [-0.1, -0.05) is 48.0 Å². The van der Waals surface area contributed by atoms with E-state index in [0.29, 0.717) is 13.1 Å². The molecule has 1 aliphatic heterocycles. The maximum absolute atomic E-state index is 13.5. The van der Waals surface area contributed by atoms with Gasteiger partial charge in [0.25, 0.3) is 0 Å². The van der Waals surface area contributed by atoms with Gasteiger partial charge >= 0.3 is 0 Å². The van der Waals surface area contributed by atoms with Crippen LogP contribution in [0.4, 0.5) is 5.69 Å². The Morgan fingerprint density at radius 1 is 1.32 bits per heavy atom. The second-order valence-corrected chi connectivity index (χ2v) is 9.37. The van der Waals surface area contributed by atoms with Crippen LogP contribution in [0, 0.1) is 5.41 Å². The van der Waals surface area contributed by atoms with Crippen LogP contribution in [-0.4, -0.2) is 47.7 Å². The van der Waals surface area contributed by atoms with E-state index >= 15 is 0 Å². The first-order valence-corrected chi connectivity index (χ1v) is 12.1. The lowest BCUT2D eigenvalue weighted by atomic mass is 9.96. The number of amides is 1. The first-order valence-electron chi connectivity index (χ1n) is 11.7. The largest absolute Gasteiger partial charge is 0.336 e. The minimum Gasteiger partial charge on any atom is -0.336 e. The summed E-state index contributed by atoms with van der Waals surface area (Å²) in [5.41, 5.74) is 5.57. The van der Waals surface area contributed by atoms with E-state index in [1.807, 2.05) is 30.3 Å². The van der Waals surface area contributed by atoms with Crippen LogP contribution in [0.2, 0.25) is 5.02 Å². The second kappa shape index (κ2) is 11.0. The van der Waals surface area contributed by atoms with E-state index in [0.717, 1.165) is 42.2 Å². The first-order chi connectivity index (χ1) is 16.5. The summed E-state index contributed by atoms with van der Waals surface area (Å²) in [5.74, 6) is -0.0252. The smallest absolute Gasteiger partial charge is 0.243 e. The van der Waals surface area contributed by atoms with Crippen LogP contribution in [0.3, 0.4) is 0 Å². The minimum absolute atomic E-state index is 0.0252. The molecule has 6 nitrogen and oxygen atoms in total. The number of carbonyl (C=O) groups excluding carboxylic acids is 1. The molecular weight excluding hydrogens is 446 g/mol. The lowest BCUT2D eigenvalue weighted by molar-refractivity contribution is -0.122. The average Bonchev–Trinajstić information content (AvgIpc) is 3.01.